The van der Waals surface area contributed by atoms with Crippen molar-refractivity contribution < 1.29 is 13.9 Å². The van der Waals surface area contributed by atoms with Gasteiger partial charge in [0.15, 0.2) is 0 Å². The van der Waals surface area contributed by atoms with E-state index in [2.05, 4.69) is 67.0 Å². The Morgan fingerprint density at radius 1 is 1.15 bits per heavy atom. The number of hydrogen-bond acceptors (Lipinski definition) is 8. The SMILES string of the molecule is C=C1/C=C(/C(C)N2CC=C(c3c(C)cc(C(=O)N4CCC(CN(CCC)CCC)CC4)cc3F)CC2)N(C)N\C=C/C1=N\C=C/C1=C(C(C)OC)CCN1. The summed E-state index contributed by atoms with van der Waals surface area (Å²) in [6, 6.07) is 3.41. The number of aryl methyl sites for hydroxylation is 1. The van der Waals surface area contributed by atoms with Crippen molar-refractivity contribution in [2.45, 2.75) is 85.3 Å². The first kappa shape index (κ1) is 41.2. The molecule has 0 bridgehead atoms. The van der Waals surface area contributed by atoms with Gasteiger partial charge in [-0.15, -0.1) is 0 Å². The molecular weight excluding hydrogens is 678 g/mol. The molecule has 1 fully saturated rings. The second-order valence-corrected chi connectivity index (χ2v) is 15.3. The highest BCUT2D eigenvalue weighted by Gasteiger charge is 2.28. The predicted molar refractivity (Wildman–Crippen MR) is 220 cm³/mol. The molecule has 294 valence electrons. The lowest BCUT2D eigenvalue weighted by atomic mass is 9.92. The number of allylic oxidation sites excluding steroid dienone is 4. The molecule has 2 atom stereocenters. The first-order valence-corrected chi connectivity index (χ1v) is 20.1. The Hall–Kier alpha value is -3.99. The predicted octanol–water partition coefficient (Wildman–Crippen LogP) is 7.23. The van der Waals surface area contributed by atoms with Crippen LogP contribution in [0.3, 0.4) is 0 Å². The molecule has 10 heteroatoms. The minimum Gasteiger partial charge on any atom is -0.385 e. The summed E-state index contributed by atoms with van der Waals surface area (Å²) in [5, 5.41) is 5.45. The summed E-state index contributed by atoms with van der Waals surface area (Å²) in [5.74, 6) is 0.245. The Balaban J connectivity index is 1.21. The van der Waals surface area contributed by atoms with Crippen LogP contribution in [0.15, 0.2) is 82.9 Å². The average molecular weight is 742 g/mol. The molecule has 1 saturated heterocycles. The second-order valence-electron chi connectivity index (χ2n) is 15.3. The van der Waals surface area contributed by atoms with Crippen molar-refractivity contribution >= 4 is 17.2 Å². The largest absolute Gasteiger partial charge is 0.385 e. The van der Waals surface area contributed by atoms with Gasteiger partial charge in [-0.2, -0.15) is 0 Å². The van der Waals surface area contributed by atoms with Gasteiger partial charge in [0.2, 0.25) is 0 Å². The smallest absolute Gasteiger partial charge is 0.253 e. The minimum atomic E-state index is -0.309. The molecule has 2 unspecified atom stereocenters. The number of benzene rings is 1. The van der Waals surface area contributed by atoms with Gasteiger partial charge in [-0.25, -0.2) is 4.39 Å². The third-order valence-electron chi connectivity index (χ3n) is 11.5. The molecule has 1 aromatic rings. The molecule has 9 nitrogen and oxygen atoms in total. The minimum absolute atomic E-state index is 0.0569. The lowest BCUT2D eigenvalue weighted by Crippen LogP contribution is -2.44. The van der Waals surface area contributed by atoms with Crippen LogP contribution in [0, 0.1) is 18.7 Å². The summed E-state index contributed by atoms with van der Waals surface area (Å²) in [6.45, 7) is 22.2. The summed E-state index contributed by atoms with van der Waals surface area (Å²) < 4.78 is 21.4. The zero-order valence-electron chi connectivity index (χ0n) is 33.9. The lowest BCUT2D eigenvalue weighted by molar-refractivity contribution is 0.0666. The zero-order valence-corrected chi connectivity index (χ0v) is 33.9. The van der Waals surface area contributed by atoms with E-state index in [9.17, 15) is 4.79 Å². The number of carbonyl (C=O) groups is 1. The summed E-state index contributed by atoms with van der Waals surface area (Å²) >= 11 is 0. The van der Waals surface area contributed by atoms with Crippen molar-refractivity contribution in [3.8, 4) is 0 Å². The van der Waals surface area contributed by atoms with E-state index >= 15 is 4.39 Å². The molecule has 5 rings (SSSR count). The van der Waals surface area contributed by atoms with Crippen LogP contribution in [0.4, 0.5) is 4.39 Å². The number of hydrogen-bond donors (Lipinski definition) is 2. The van der Waals surface area contributed by atoms with Gasteiger partial charge < -0.3 is 25.3 Å². The van der Waals surface area contributed by atoms with Crippen LogP contribution in [0.25, 0.3) is 5.57 Å². The van der Waals surface area contributed by atoms with E-state index in [1.165, 1.54) is 24.5 Å². The Morgan fingerprint density at radius 2 is 1.89 bits per heavy atom. The Morgan fingerprint density at radius 3 is 2.54 bits per heavy atom. The number of hydrazine groups is 1. The van der Waals surface area contributed by atoms with E-state index in [1.807, 2.05) is 54.5 Å². The van der Waals surface area contributed by atoms with E-state index in [0.717, 1.165) is 98.9 Å². The first-order valence-electron chi connectivity index (χ1n) is 20.1. The number of ether oxygens (including phenoxy) is 1. The number of rotatable bonds is 14. The third-order valence-corrected chi connectivity index (χ3v) is 11.5. The van der Waals surface area contributed by atoms with Crippen molar-refractivity contribution in [1.29, 1.82) is 0 Å². The quantitative estimate of drug-likeness (QED) is 0.209. The fourth-order valence-electron chi connectivity index (χ4n) is 8.31. The van der Waals surface area contributed by atoms with Gasteiger partial charge in [0.05, 0.1) is 17.5 Å². The molecular formula is C44H64FN7O2. The molecule has 54 heavy (non-hydrogen) atoms. The highest BCUT2D eigenvalue weighted by Crippen LogP contribution is 2.31. The summed E-state index contributed by atoms with van der Waals surface area (Å²) in [7, 11) is 3.74. The summed E-state index contributed by atoms with van der Waals surface area (Å²) in [4.78, 5) is 25.2. The standard InChI is InChI=1S/C44H64FN7O2/c1-9-21-50(22-10-2)30-35-14-23-52(24-15-35)44(53)37-27-32(4)43(39(45)29-37)36-16-25-51(26-17-36)33(5)42-28-31(3)40(13-20-48-49(42)7)46-19-12-41-38(11-18-47-41)34(6)54-8/h12-13,16,19-20,27-29,33-35,47-48H,3,9-11,14-15,17-18,21-26,30H2,1-2,4-8H3/b19-12-,20-13-,42-28-,46-40+. The third kappa shape index (κ3) is 10.2. The van der Waals surface area contributed by atoms with E-state index < -0.39 is 0 Å². The highest BCUT2D eigenvalue weighted by atomic mass is 19.1. The number of likely N-dealkylation sites (tertiary alicyclic amines) is 1. The first-order chi connectivity index (χ1) is 26.0. The molecule has 0 aromatic heterocycles. The summed E-state index contributed by atoms with van der Waals surface area (Å²) in [6.07, 6.45) is 18.0. The van der Waals surface area contributed by atoms with Gasteiger partial charge in [-0.05, 0) is 131 Å². The van der Waals surface area contributed by atoms with Crippen molar-refractivity contribution in [3.63, 3.8) is 0 Å². The molecule has 2 N–H and O–H groups in total. The average Bonchev–Trinajstić information content (AvgIpc) is 3.64. The number of carbonyl (C=O) groups excluding carboxylic acids is 1. The van der Waals surface area contributed by atoms with Gasteiger partial charge in [0.25, 0.3) is 5.91 Å². The van der Waals surface area contributed by atoms with Gasteiger partial charge in [0, 0.05) is 88.7 Å². The maximum atomic E-state index is 15.9. The van der Waals surface area contributed by atoms with E-state index in [-0.39, 0.29) is 23.9 Å². The van der Waals surface area contributed by atoms with Crippen LogP contribution in [0.5, 0.6) is 0 Å². The topological polar surface area (TPSA) is 75.7 Å². The lowest BCUT2D eigenvalue weighted by Gasteiger charge is -2.37. The molecule has 0 saturated carbocycles. The van der Waals surface area contributed by atoms with Gasteiger partial charge in [-0.3, -0.25) is 19.7 Å². The van der Waals surface area contributed by atoms with Crippen LogP contribution in [0.2, 0.25) is 0 Å². The van der Waals surface area contributed by atoms with E-state index in [1.54, 1.807) is 7.11 Å². The Kier molecular flexibility index (Phi) is 14.9. The fraction of sp³-hybridized carbons (Fsp3) is 0.545. The fourth-order valence-corrected chi connectivity index (χ4v) is 8.31. The van der Waals surface area contributed by atoms with Gasteiger partial charge >= 0.3 is 0 Å². The number of methoxy groups -OCH3 is 1. The second kappa shape index (κ2) is 19.6. The monoisotopic (exact) mass is 742 g/mol. The van der Waals surface area contributed by atoms with E-state index in [4.69, 9.17) is 9.73 Å². The van der Waals surface area contributed by atoms with Crippen molar-refractivity contribution in [3.05, 3.63) is 100 Å². The molecule has 1 amide bonds. The molecule has 0 radical (unpaired) electrons. The molecule has 4 aliphatic rings. The number of nitrogens with zero attached hydrogens (tertiary/aromatic N) is 5. The normalized spacial score (nSPS) is 22.5. The Bertz CT molecular complexity index is 1650. The number of piperidine rings is 1. The summed E-state index contributed by atoms with van der Waals surface area (Å²) in [5.41, 5.74) is 11.2. The van der Waals surface area contributed by atoms with Crippen LogP contribution < -0.4 is 10.7 Å². The van der Waals surface area contributed by atoms with Crippen molar-refractivity contribution in [2.24, 2.45) is 10.9 Å². The number of amides is 1. The number of likely N-dealkylation sites (N-methyl/N-ethyl adjacent to an activating group) is 1. The molecule has 0 aliphatic carbocycles. The van der Waals surface area contributed by atoms with E-state index in [0.29, 0.717) is 30.0 Å². The highest BCUT2D eigenvalue weighted by molar-refractivity contribution is 6.10. The maximum Gasteiger partial charge on any atom is 0.253 e. The molecule has 1 aromatic carbocycles. The molecule has 0 spiro atoms. The number of nitrogens with one attached hydrogen (secondary N) is 2. The zero-order chi connectivity index (χ0) is 38.8. The molecule has 4 heterocycles. The van der Waals surface area contributed by atoms with Crippen molar-refractivity contribution in [1.82, 2.24) is 30.5 Å². The van der Waals surface area contributed by atoms with Crippen LogP contribution in [0.1, 0.15) is 87.7 Å². The number of halogens is 1. The Labute approximate surface area is 324 Å². The van der Waals surface area contributed by atoms with Crippen LogP contribution in [-0.2, 0) is 4.74 Å². The maximum absolute atomic E-state index is 15.9. The van der Waals surface area contributed by atoms with Crippen molar-refractivity contribution in [2.75, 3.05) is 66.5 Å². The van der Waals surface area contributed by atoms with Crippen LogP contribution >= 0.6 is 0 Å². The van der Waals surface area contributed by atoms with Gasteiger partial charge in [0.1, 0.15) is 5.82 Å². The molecule has 4 aliphatic heterocycles. The van der Waals surface area contributed by atoms with Crippen LogP contribution in [-0.4, -0.2) is 110 Å². The number of aliphatic imine (C=N–C) groups is 1. The van der Waals surface area contributed by atoms with Gasteiger partial charge in [-0.1, -0.05) is 26.5 Å².